The van der Waals surface area contributed by atoms with Gasteiger partial charge >= 0.3 is 0 Å². The number of hydrogen-bond donors (Lipinski definition) is 0. The van der Waals surface area contributed by atoms with Crippen LogP contribution in [-0.2, 0) is 5.88 Å². The molecular formula is C8H7Cl2F. The normalized spacial score (nSPS) is 10.2. The van der Waals surface area contributed by atoms with Gasteiger partial charge in [0.1, 0.15) is 5.82 Å². The van der Waals surface area contributed by atoms with Crippen molar-refractivity contribution in [2.24, 2.45) is 0 Å². The zero-order valence-electron chi connectivity index (χ0n) is 6.00. The average Bonchev–Trinajstić information content (AvgIpc) is 2.01. The molecule has 0 saturated carbocycles. The average molecular weight is 193 g/mol. The minimum absolute atomic E-state index is 0.149. The van der Waals surface area contributed by atoms with Gasteiger partial charge in [-0.2, -0.15) is 0 Å². The lowest BCUT2D eigenvalue weighted by atomic mass is 10.1. The summed E-state index contributed by atoms with van der Waals surface area (Å²) in [5, 5.41) is 0.149. The summed E-state index contributed by atoms with van der Waals surface area (Å²) in [5.74, 6) is -0.0512. The fraction of sp³-hybridized carbons (Fsp3) is 0.250. The van der Waals surface area contributed by atoms with Gasteiger partial charge in [-0.15, -0.1) is 11.6 Å². The molecule has 3 heteroatoms. The molecular weight excluding hydrogens is 186 g/mol. The van der Waals surface area contributed by atoms with Crippen LogP contribution in [-0.4, -0.2) is 0 Å². The Morgan fingerprint density at radius 2 is 2.09 bits per heavy atom. The molecule has 1 rings (SSSR count). The molecule has 0 amide bonds. The highest BCUT2D eigenvalue weighted by atomic mass is 35.5. The van der Waals surface area contributed by atoms with Crippen molar-refractivity contribution >= 4 is 23.2 Å². The largest absolute Gasteiger partial charge is 0.205 e. The quantitative estimate of drug-likeness (QED) is 0.598. The van der Waals surface area contributed by atoms with Crippen LogP contribution in [0.4, 0.5) is 4.39 Å². The second-order valence-electron chi connectivity index (χ2n) is 2.28. The van der Waals surface area contributed by atoms with E-state index in [0.29, 0.717) is 11.4 Å². The smallest absolute Gasteiger partial charge is 0.145 e. The number of halogens is 3. The Kier molecular flexibility index (Phi) is 2.74. The summed E-state index contributed by atoms with van der Waals surface area (Å²) in [6, 6.07) is 3.25. The summed E-state index contributed by atoms with van der Waals surface area (Å²) in [5.41, 5.74) is 1.32. The summed E-state index contributed by atoms with van der Waals surface area (Å²) in [6.07, 6.45) is 0. The highest BCUT2D eigenvalue weighted by Crippen LogP contribution is 2.21. The molecule has 60 valence electrons. The van der Waals surface area contributed by atoms with E-state index in [2.05, 4.69) is 0 Å². The number of hydrogen-bond acceptors (Lipinski definition) is 0. The van der Waals surface area contributed by atoms with E-state index in [1.54, 1.807) is 13.0 Å². The van der Waals surface area contributed by atoms with Crippen LogP contribution < -0.4 is 0 Å². The molecule has 0 bridgehead atoms. The number of benzene rings is 1. The molecule has 0 unspecified atom stereocenters. The minimum Gasteiger partial charge on any atom is -0.205 e. The molecule has 0 spiro atoms. The summed E-state index contributed by atoms with van der Waals surface area (Å²) in [6.45, 7) is 1.67. The lowest BCUT2D eigenvalue weighted by Gasteiger charge is -2.03. The van der Waals surface area contributed by atoms with Crippen molar-refractivity contribution in [3.63, 3.8) is 0 Å². The van der Waals surface area contributed by atoms with Crippen molar-refractivity contribution in [1.29, 1.82) is 0 Å². The molecule has 0 aromatic heterocycles. The Labute approximate surface area is 74.9 Å². The Bertz CT molecular complexity index is 271. The van der Waals surface area contributed by atoms with Crippen molar-refractivity contribution in [1.82, 2.24) is 0 Å². The maximum Gasteiger partial charge on any atom is 0.145 e. The zero-order chi connectivity index (χ0) is 8.43. The molecule has 1 aromatic carbocycles. The van der Waals surface area contributed by atoms with Gasteiger partial charge in [0.05, 0.1) is 5.02 Å². The fourth-order valence-electron chi connectivity index (χ4n) is 0.837. The predicted molar refractivity (Wildman–Crippen MR) is 45.7 cm³/mol. The summed E-state index contributed by atoms with van der Waals surface area (Å²) < 4.78 is 13.0. The molecule has 0 radical (unpaired) electrons. The maximum absolute atomic E-state index is 13.0. The van der Waals surface area contributed by atoms with Gasteiger partial charge in [-0.25, -0.2) is 4.39 Å². The van der Waals surface area contributed by atoms with Crippen molar-refractivity contribution < 1.29 is 4.39 Å². The Morgan fingerprint density at radius 1 is 1.45 bits per heavy atom. The highest BCUT2D eigenvalue weighted by Gasteiger charge is 2.06. The molecule has 1 aromatic rings. The molecule has 0 aliphatic heterocycles. The van der Waals surface area contributed by atoms with Crippen LogP contribution in [0, 0.1) is 12.7 Å². The SMILES string of the molecule is Cc1c(CCl)ccc(Cl)c1F. The maximum atomic E-state index is 13.0. The van der Waals surface area contributed by atoms with Crippen LogP contribution in [0.15, 0.2) is 12.1 Å². The van der Waals surface area contributed by atoms with Gasteiger partial charge in [-0.1, -0.05) is 17.7 Å². The van der Waals surface area contributed by atoms with Crippen LogP contribution in [0.1, 0.15) is 11.1 Å². The van der Waals surface area contributed by atoms with Crippen LogP contribution in [0.3, 0.4) is 0 Å². The first-order chi connectivity index (χ1) is 5.16. The fourth-order valence-corrected chi connectivity index (χ4v) is 1.33. The van der Waals surface area contributed by atoms with Crippen LogP contribution in [0.2, 0.25) is 5.02 Å². The van der Waals surface area contributed by atoms with Crippen LogP contribution >= 0.6 is 23.2 Å². The molecule has 0 aliphatic carbocycles. The van der Waals surface area contributed by atoms with Crippen molar-refractivity contribution in [2.75, 3.05) is 0 Å². The van der Waals surface area contributed by atoms with E-state index in [9.17, 15) is 4.39 Å². The second kappa shape index (κ2) is 3.42. The van der Waals surface area contributed by atoms with E-state index in [0.717, 1.165) is 5.56 Å². The lowest BCUT2D eigenvalue weighted by Crippen LogP contribution is -1.90. The van der Waals surface area contributed by atoms with Gasteiger partial charge in [0.2, 0.25) is 0 Å². The van der Waals surface area contributed by atoms with Gasteiger partial charge in [-0.3, -0.25) is 0 Å². The molecule has 0 fully saturated rings. The van der Waals surface area contributed by atoms with Gasteiger partial charge in [0.25, 0.3) is 0 Å². The molecule has 0 nitrogen and oxygen atoms in total. The Hall–Kier alpha value is -0.270. The predicted octanol–water partition coefficient (Wildman–Crippen LogP) is 3.53. The Balaban J connectivity index is 3.25. The van der Waals surface area contributed by atoms with E-state index in [1.807, 2.05) is 0 Å². The van der Waals surface area contributed by atoms with Crippen LogP contribution in [0.5, 0.6) is 0 Å². The first-order valence-corrected chi connectivity index (χ1v) is 4.07. The van der Waals surface area contributed by atoms with E-state index in [-0.39, 0.29) is 10.8 Å². The minimum atomic E-state index is -0.371. The van der Waals surface area contributed by atoms with Gasteiger partial charge in [0.15, 0.2) is 0 Å². The van der Waals surface area contributed by atoms with Gasteiger partial charge < -0.3 is 0 Å². The third kappa shape index (κ3) is 1.66. The number of alkyl halides is 1. The second-order valence-corrected chi connectivity index (χ2v) is 2.95. The number of rotatable bonds is 1. The van der Waals surface area contributed by atoms with E-state index in [4.69, 9.17) is 23.2 Å². The highest BCUT2D eigenvalue weighted by molar-refractivity contribution is 6.30. The topological polar surface area (TPSA) is 0 Å². The van der Waals surface area contributed by atoms with Crippen molar-refractivity contribution in [3.05, 3.63) is 34.1 Å². The summed E-state index contributed by atoms with van der Waals surface area (Å²) in [4.78, 5) is 0. The van der Waals surface area contributed by atoms with Gasteiger partial charge in [0, 0.05) is 5.88 Å². The lowest BCUT2D eigenvalue weighted by molar-refractivity contribution is 0.617. The molecule has 0 aliphatic rings. The summed E-state index contributed by atoms with van der Waals surface area (Å²) >= 11 is 11.1. The Morgan fingerprint density at radius 3 is 2.64 bits per heavy atom. The van der Waals surface area contributed by atoms with Crippen LogP contribution in [0.25, 0.3) is 0 Å². The van der Waals surface area contributed by atoms with Crippen molar-refractivity contribution in [3.8, 4) is 0 Å². The van der Waals surface area contributed by atoms with E-state index < -0.39 is 0 Å². The molecule has 0 heterocycles. The zero-order valence-corrected chi connectivity index (χ0v) is 7.51. The van der Waals surface area contributed by atoms with E-state index >= 15 is 0 Å². The van der Waals surface area contributed by atoms with Crippen molar-refractivity contribution in [2.45, 2.75) is 12.8 Å². The molecule has 0 saturated heterocycles. The monoisotopic (exact) mass is 192 g/mol. The van der Waals surface area contributed by atoms with E-state index in [1.165, 1.54) is 6.07 Å². The summed E-state index contributed by atoms with van der Waals surface area (Å²) in [7, 11) is 0. The molecule has 0 N–H and O–H groups in total. The molecule has 11 heavy (non-hydrogen) atoms. The first kappa shape index (κ1) is 8.82. The third-order valence-corrected chi connectivity index (χ3v) is 2.18. The molecule has 0 atom stereocenters. The first-order valence-electron chi connectivity index (χ1n) is 3.16. The standard InChI is InChI=1S/C8H7Cl2F/c1-5-6(4-9)2-3-7(10)8(5)11/h2-3H,4H2,1H3. The third-order valence-electron chi connectivity index (χ3n) is 1.60. The van der Waals surface area contributed by atoms with Gasteiger partial charge in [-0.05, 0) is 24.1 Å².